The third kappa shape index (κ3) is 1.80. The van der Waals surface area contributed by atoms with E-state index in [1.807, 2.05) is 6.92 Å². The average Bonchev–Trinajstić information content (AvgIpc) is 2.72. The van der Waals surface area contributed by atoms with Crippen molar-refractivity contribution in [3.8, 4) is 0 Å². The summed E-state index contributed by atoms with van der Waals surface area (Å²) in [6.45, 7) is 2.41. The largest absolute Gasteiger partial charge is 0.396 e. The fourth-order valence-corrected chi connectivity index (χ4v) is 4.17. The highest BCUT2D eigenvalue weighted by molar-refractivity contribution is 5.82. The summed E-state index contributed by atoms with van der Waals surface area (Å²) in [4.78, 5) is 12.2. The number of amides is 1. The molecular weight excluding hydrogens is 269 g/mol. The molecule has 0 bridgehead atoms. The molecule has 0 aromatic rings. The van der Waals surface area contributed by atoms with Crippen molar-refractivity contribution in [3.05, 3.63) is 0 Å². The van der Waals surface area contributed by atoms with Gasteiger partial charge in [-0.3, -0.25) is 4.79 Å². The maximum atomic E-state index is 13.2. The fraction of sp³-hybridized carbons (Fsp3) is 0.929. The fourth-order valence-electron chi connectivity index (χ4n) is 4.17. The van der Waals surface area contributed by atoms with Crippen molar-refractivity contribution in [2.75, 3.05) is 19.6 Å². The molecule has 2 atom stereocenters. The Labute approximate surface area is 116 Å². The molecule has 3 rings (SSSR count). The number of carbonyl (C=O) groups excluding carboxylic acids is 1. The topological polar surface area (TPSA) is 41.1 Å². The Morgan fingerprint density at radius 1 is 1.25 bits per heavy atom. The zero-order chi connectivity index (χ0) is 14.6. The van der Waals surface area contributed by atoms with E-state index in [0.717, 1.165) is 25.7 Å². The van der Waals surface area contributed by atoms with Crippen molar-refractivity contribution in [2.24, 2.45) is 16.2 Å². The predicted octanol–water partition coefficient (Wildman–Crippen LogP) is 2.22. The molecular formula is C14H21F3N2O. The molecule has 2 N–H and O–H groups in total. The minimum atomic E-state index is -4.18. The SMILES string of the molecule is CC1(C(=O)NC[C@@]23CNC[C@]2(C(F)(F)F)C3)CCCC1. The minimum absolute atomic E-state index is 0.0103. The lowest BCUT2D eigenvalue weighted by atomic mass is 9.87. The van der Waals surface area contributed by atoms with Crippen molar-refractivity contribution in [3.63, 3.8) is 0 Å². The molecule has 0 aromatic heterocycles. The molecule has 3 aliphatic rings. The van der Waals surface area contributed by atoms with Crippen LogP contribution in [0.2, 0.25) is 0 Å². The van der Waals surface area contributed by atoms with Crippen LogP contribution in [0.25, 0.3) is 0 Å². The van der Waals surface area contributed by atoms with Crippen LogP contribution >= 0.6 is 0 Å². The molecule has 3 nitrogen and oxygen atoms in total. The normalized spacial score (nSPS) is 38.6. The van der Waals surface area contributed by atoms with Gasteiger partial charge in [-0.05, 0) is 19.3 Å². The van der Waals surface area contributed by atoms with Gasteiger partial charge in [0.15, 0.2) is 0 Å². The van der Waals surface area contributed by atoms with Gasteiger partial charge in [0.2, 0.25) is 5.91 Å². The second-order valence-corrected chi connectivity index (χ2v) is 7.09. The number of carbonyl (C=O) groups is 1. The first-order chi connectivity index (χ1) is 9.25. The summed E-state index contributed by atoms with van der Waals surface area (Å²) in [7, 11) is 0. The molecule has 0 aromatic carbocycles. The lowest BCUT2D eigenvalue weighted by Crippen LogP contribution is -2.42. The van der Waals surface area contributed by atoms with E-state index in [1.54, 1.807) is 0 Å². The Morgan fingerprint density at radius 2 is 1.90 bits per heavy atom. The number of nitrogens with one attached hydrogen (secondary N) is 2. The van der Waals surface area contributed by atoms with Crippen LogP contribution in [-0.4, -0.2) is 31.7 Å². The maximum Gasteiger partial charge on any atom is 0.396 e. The lowest BCUT2D eigenvalue weighted by molar-refractivity contribution is -0.190. The van der Waals surface area contributed by atoms with Gasteiger partial charge in [0.25, 0.3) is 0 Å². The maximum absolute atomic E-state index is 13.2. The molecule has 1 aliphatic heterocycles. The molecule has 1 amide bonds. The summed E-state index contributed by atoms with van der Waals surface area (Å²) < 4.78 is 39.5. The van der Waals surface area contributed by atoms with Gasteiger partial charge in [0.05, 0.1) is 5.41 Å². The summed E-state index contributed by atoms with van der Waals surface area (Å²) in [6.07, 6.45) is -0.290. The third-order valence-electron chi connectivity index (χ3n) is 5.81. The van der Waals surface area contributed by atoms with E-state index in [-0.39, 0.29) is 30.8 Å². The molecule has 1 saturated heterocycles. The van der Waals surface area contributed by atoms with E-state index < -0.39 is 17.0 Å². The molecule has 114 valence electrons. The van der Waals surface area contributed by atoms with Gasteiger partial charge in [-0.25, -0.2) is 0 Å². The zero-order valence-corrected chi connectivity index (χ0v) is 11.7. The average molecular weight is 290 g/mol. The number of hydrogen-bond donors (Lipinski definition) is 2. The van der Waals surface area contributed by atoms with Gasteiger partial charge < -0.3 is 10.6 Å². The predicted molar refractivity (Wildman–Crippen MR) is 68.0 cm³/mol. The Hall–Kier alpha value is -0.780. The molecule has 2 aliphatic carbocycles. The molecule has 1 heterocycles. The molecule has 6 heteroatoms. The number of alkyl halides is 3. The smallest absolute Gasteiger partial charge is 0.355 e. The summed E-state index contributed by atoms with van der Waals surface area (Å²) >= 11 is 0. The first-order valence-corrected chi connectivity index (χ1v) is 7.31. The van der Waals surface area contributed by atoms with Gasteiger partial charge >= 0.3 is 6.18 Å². The lowest BCUT2D eigenvalue weighted by Gasteiger charge is -2.25. The molecule has 20 heavy (non-hydrogen) atoms. The quantitative estimate of drug-likeness (QED) is 0.837. The van der Waals surface area contributed by atoms with Crippen LogP contribution in [0.3, 0.4) is 0 Å². The van der Waals surface area contributed by atoms with Crippen molar-refractivity contribution >= 4 is 5.91 Å². The highest BCUT2D eigenvalue weighted by Gasteiger charge is 2.81. The first kappa shape index (κ1) is 14.2. The van der Waals surface area contributed by atoms with Gasteiger partial charge in [-0.2, -0.15) is 13.2 Å². The monoisotopic (exact) mass is 290 g/mol. The van der Waals surface area contributed by atoms with E-state index in [2.05, 4.69) is 10.6 Å². The van der Waals surface area contributed by atoms with Crippen molar-refractivity contribution in [2.45, 2.75) is 45.2 Å². The van der Waals surface area contributed by atoms with E-state index in [1.165, 1.54) is 0 Å². The summed E-state index contributed by atoms with van der Waals surface area (Å²) in [6, 6.07) is 0. The van der Waals surface area contributed by atoms with Gasteiger partial charge in [0, 0.05) is 30.5 Å². The van der Waals surface area contributed by atoms with Crippen LogP contribution in [0.15, 0.2) is 0 Å². The number of halogens is 3. The highest BCUT2D eigenvalue weighted by Crippen LogP contribution is 2.72. The number of fused-ring (bicyclic) bond motifs is 1. The Balaban J connectivity index is 1.64. The van der Waals surface area contributed by atoms with Crippen LogP contribution in [0, 0.1) is 16.2 Å². The van der Waals surface area contributed by atoms with E-state index in [9.17, 15) is 18.0 Å². The molecule has 0 radical (unpaired) electrons. The van der Waals surface area contributed by atoms with Crippen LogP contribution in [0.4, 0.5) is 13.2 Å². The molecule has 3 fully saturated rings. The Morgan fingerprint density at radius 3 is 2.45 bits per heavy atom. The first-order valence-electron chi connectivity index (χ1n) is 7.31. The second-order valence-electron chi connectivity index (χ2n) is 7.09. The van der Waals surface area contributed by atoms with Crippen molar-refractivity contribution < 1.29 is 18.0 Å². The Bertz CT molecular complexity index is 431. The highest BCUT2D eigenvalue weighted by atomic mass is 19.4. The number of rotatable bonds is 3. The molecule has 2 saturated carbocycles. The van der Waals surface area contributed by atoms with Crippen LogP contribution < -0.4 is 10.6 Å². The Kier molecular flexibility index (Phi) is 2.92. The number of hydrogen-bond acceptors (Lipinski definition) is 2. The summed E-state index contributed by atoms with van der Waals surface area (Å²) in [5, 5.41) is 5.65. The summed E-state index contributed by atoms with van der Waals surface area (Å²) in [5.41, 5.74) is -2.79. The second kappa shape index (κ2) is 4.12. The van der Waals surface area contributed by atoms with Crippen molar-refractivity contribution in [1.29, 1.82) is 0 Å². The van der Waals surface area contributed by atoms with Crippen LogP contribution in [0.1, 0.15) is 39.0 Å². The zero-order valence-electron chi connectivity index (χ0n) is 11.7. The molecule has 0 spiro atoms. The van der Waals surface area contributed by atoms with E-state index in [0.29, 0.717) is 6.54 Å². The van der Waals surface area contributed by atoms with Crippen molar-refractivity contribution in [1.82, 2.24) is 10.6 Å². The van der Waals surface area contributed by atoms with Crippen LogP contribution in [-0.2, 0) is 4.79 Å². The van der Waals surface area contributed by atoms with Gasteiger partial charge in [-0.1, -0.05) is 19.8 Å². The third-order valence-corrected chi connectivity index (χ3v) is 5.81. The van der Waals surface area contributed by atoms with Crippen LogP contribution in [0.5, 0.6) is 0 Å². The standard InChI is InChI=1S/C14H21F3N2O/c1-11(4-2-3-5-11)10(20)19-8-12-6-13(12,9-18-7-12)14(15,16)17/h18H,2-9H2,1H3,(H,19,20)/t12-,13-/m1/s1. The number of piperidine rings is 1. The molecule has 0 unspecified atom stereocenters. The summed E-state index contributed by atoms with van der Waals surface area (Å²) in [5.74, 6) is -0.0701. The van der Waals surface area contributed by atoms with E-state index in [4.69, 9.17) is 0 Å². The minimum Gasteiger partial charge on any atom is -0.355 e. The van der Waals surface area contributed by atoms with Gasteiger partial charge in [-0.15, -0.1) is 0 Å². The van der Waals surface area contributed by atoms with E-state index >= 15 is 0 Å². The van der Waals surface area contributed by atoms with Gasteiger partial charge in [0.1, 0.15) is 0 Å².